The van der Waals surface area contributed by atoms with Gasteiger partial charge in [-0.1, -0.05) is 18.2 Å². The number of likely N-dealkylation sites (tertiary alicyclic amines) is 1. The molecule has 0 unspecified atom stereocenters. The van der Waals surface area contributed by atoms with Crippen molar-refractivity contribution in [2.24, 2.45) is 5.41 Å². The Labute approximate surface area is 136 Å². The number of carbonyl (C=O) groups is 2. The van der Waals surface area contributed by atoms with Crippen LogP contribution in [-0.4, -0.2) is 47.8 Å². The van der Waals surface area contributed by atoms with Crippen LogP contribution in [0.4, 0.5) is 13.2 Å². The number of para-hydroxylation sites is 1. The van der Waals surface area contributed by atoms with Gasteiger partial charge in [-0.25, -0.2) is 0 Å². The molecule has 2 aliphatic heterocycles. The summed E-state index contributed by atoms with van der Waals surface area (Å²) in [6.07, 6.45) is -6.29. The highest BCUT2D eigenvalue weighted by molar-refractivity contribution is 5.83. The summed E-state index contributed by atoms with van der Waals surface area (Å²) < 4.78 is 42.5. The number of hydrogen-bond acceptors (Lipinski definition) is 3. The van der Waals surface area contributed by atoms with E-state index in [1.165, 1.54) is 4.90 Å². The van der Waals surface area contributed by atoms with Gasteiger partial charge in [0.25, 0.3) is 0 Å². The number of rotatable bonds is 3. The molecule has 1 N–H and O–H groups in total. The molecule has 0 saturated carbocycles. The zero-order valence-corrected chi connectivity index (χ0v) is 12.7. The summed E-state index contributed by atoms with van der Waals surface area (Å²) in [5.74, 6) is -1.72. The van der Waals surface area contributed by atoms with Crippen LogP contribution >= 0.6 is 0 Å². The first-order valence-corrected chi connectivity index (χ1v) is 7.52. The Kier molecular flexibility index (Phi) is 3.93. The van der Waals surface area contributed by atoms with Crippen LogP contribution in [0.15, 0.2) is 24.3 Å². The van der Waals surface area contributed by atoms with E-state index in [1.54, 1.807) is 24.3 Å². The van der Waals surface area contributed by atoms with Gasteiger partial charge in [0.2, 0.25) is 5.91 Å². The number of hydrogen-bond donors (Lipinski definition) is 1. The number of fused-ring (bicyclic) bond motifs is 3. The molecule has 1 saturated heterocycles. The quantitative estimate of drug-likeness (QED) is 0.915. The van der Waals surface area contributed by atoms with Crippen molar-refractivity contribution in [1.82, 2.24) is 4.90 Å². The monoisotopic (exact) mass is 343 g/mol. The van der Waals surface area contributed by atoms with E-state index in [-0.39, 0.29) is 19.7 Å². The Morgan fingerprint density at radius 2 is 2.04 bits per heavy atom. The van der Waals surface area contributed by atoms with Gasteiger partial charge in [-0.3, -0.25) is 9.59 Å². The summed E-state index contributed by atoms with van der Waals surface area (Å²) in [6, 6.07) is 6.96. The van der Waals surface area contributed by atoms with Gasteiger partial charge in [0, 0.05) is 31.0 Å². The Balaban J connectivity index is 1.84. The van der Waals surface area contributed by atoms with Crippen molar-refractivity contribution in [1.29, 1.82) is 0 Å². The number of carboxylic acid groups (broad SMARTS) is 1. The van der Waals surface area contributed by atoms with Crippen molar-refractivity contribution in [3.8, 4) is 5.75 Å². The topological polar surface area (TPSA) is 66.8 Å². The Morgan fingerprint density at radius 1 is 1.33 bits per heavy atom. The number of amides is 1. The number of nitrogens with zero attached hydrogens (tertiary/aromatic N) is 1. The fourth-order valence-electron chi connectivity index (χ4n) is 3.43. The Bertz CT molecular complexity index is 676. The van der Waals surface area contributed by atoms with E-state index in [4.69, 9.17) is 4.74 Å². The second kappa shape index (κ2) is 5.68. The summed E-state index contributed by atoms with van der Waals surface area (Å²) in [5.41, 5.74) is -0.639. The Hall–Kier alpha value is -2.25. The van der Waals surface area contributed by atoms with Crippen LogP contribution in [0.3, 0.4) is 0 Å². The molecule has 1 aromatic carbocycles. The molecule has 0 bridgehead atoms. The number of ether oxygens (including phenoxy) is 1. The second-order valence-electron chi connectivity index (χ2n) is 6.23. The molecular formula is C16H16F3NO4. The van der Waals surface area contributed by atoms with Gasteiger partial charge in [0.05, 0.1) is 6.42 Å². The fourth-order valence-corrected chi connectivity index (χ4v) is 3.43. The molecule has 0 spiro atoms. The number of carbonyl (C=O) groups excluding carboxylic acids is 1. The average Bonchev–Trinajstić information content (AvgIpc) is 2.93. The molecule has 0 aliphatic carbocycles. The van der Waals surface area contributed by atoms with Gasteiger partial charge >= 0.3 is 12.1 Å². The maximum Gasteiger partial charge on any atom is 0.389 e. The number of halogens is 3. The molecule has 3 rings (SSSR count). The lowest BCUT2D eigenvalue weighted by Crippen LogP contribution is -2.46. The van der Waals surface area contributed by atoms with Crippen LogP contribution in [-0.2, 0) is 9.59 Å². The van der Waals surface area contributed by atoms with E-state index in [9.17, 15) is 27.9 Å². The average molecular weight is 343 g/mol. The maximum atomic E-state index is 12.3. The molecule has 2 atom stereocenters. The lowest BCUT2D eigenvalue weighted by atomic mass is 9.73. The van der Waals surface area contributed by atoms with E-state index >= 15 is 0 Å². The van der Waals surface area contributed by atoms with E-state index in [0.717, 1.165) is 0 Å². The standard InChI is InChI=1S/C16H16F3NO4/c17-16(18,19)6-5-13(21)20-7-11-10-3-1-2-4-12(10)24-9-15(11,8-20)14(22)23/h1-4,11H,5-9H2,(H,22,23)/t11-,15-/m0/s1. The highest BCUT2D eigenvalue weighted by atomic mass is 19.4. The summed E-state index contributed by atoms with van der Waals surface area (Å²) in [6.45, 7) is -0.158. The highest BCUT2D eigenvalue weighted by Crippen LogP contribution is 2.49. The molecule has 0 radical (unpaired) electrons. The van der Waals surface area contributed by atoms with E-state index in [2.05, 4.69) is 0 Å². The number of alkyl halides is 3. The molecular weight excluding hydrogens is 327 g/mol. The van der Waals surface area contributed by atoms with Crippen molar-refractivity contribution >= 4 is 11.9 Å². The summed E-state index contributed by atoms with van der Waals surface area (Å²) in [4.78, 5) is 25.2. The van der Waals surface area contributed by atoms with Gasteiger partial charge in [0.15, 0.2) is 0 Å². The van der Waals surface area contributed by atoms with E-state index < -0.39 is 42.2 Å². The minimum atomic E-state index is -4.41. The maximum absolute atomic E-state index is 12.3. The van der Waals surface area contributed by atoms with Gasteiger partial charge in [-0.2, -0.15) is 13.2 Å². The van der Waals surface area contributed by atoms with Crippen molar-refractivity contribution in [2.45, 2.75) is 24.9 Å². The van der Waals surface area contributed by atoms with Crippen molar-refractivity contribution in [3.63, 3.8) is 0 Å². The third kappa shape index (κ3) is 2.81. The molecule has 2 aliphatic rings. The van der Waals surface area contributed by atoms with Crippen LogP contribution in [0.5, 0.6) is 5.75 Å². The molecule has 1 fully saturated rings. The summed E-state index contributed by atoms with van der Waals surface area (Å²) in [7, 11) is 0. The van der Waals surface area contributed by atoms with Crippen LogP contribution in [0.25, 0.3) is 0 Å². The lowest BCUT2D eigenvalue weighted by Gasteiger charge is -2.35. The zero-order chi connectivity index (χ0) is 17.5. The third-order valence-corrected chi connectivity index (χ3v) is 4.72. The van der Waals surface area contributed by atoms with Gasteiger partial charge in [-0.15, -0.1) is 0 Å². The smallest absolute Gasteiger partial charge is 0.389 e. The molecule has 130 valence electrons. The largest absolute Gasteiger partial charge is 0.492 e. The Morgan fingerprint density at radius 3 is 2.71 bits per heavy atom. The predicted octanol–water partition coefficient (Wildman–Crippen LogP) is 2.42. The summed E-state index contributed by atoms with van der Waals surface area (Å²) >= 11 is 0. The molecule has 0 aromatic heterocycles. The SMILES string of the molecule is O=C(CCC(F)(F)F)N1C[C@H]2c3ccccc3OC[C@@]2(C(=O)O)C1. The van der Waals surface area contributed by atoms with Crippen molar-refractivity contribution in [3.05, 3.63) is 29.8 Å². The fraction of sp³-hybridized carbons (Fsp3) is 0.500. The minimum Gasteiger partial charge on any atom is -0.492 e. The molecule has 1 aromatic rings. The zero-order valence-electron chi connectivity index (χ0n) is 12.7. The first kappa shape index (κ1) is 16.6. The van der Waals surface area contributed by atoms with Gasteiger partial charge in [-0.05, 0) is 6.07 Å². The number of benzene rings is 1. The van der Waals surface area contributed by atoms with E-state index in [0.29, 0.717) is 11.3 Å². The van der Waals surface area contributed by atoms with Crippen LogP contribution in [0, 0.1) is 5.41 Å². The second-order valence-corrected chi connectivity index (χ2v) is 6.23. The highest BCUT2D eigenvalue weighted by Gasteiger charge is 2.57. The molecule has 5 nitrogen and oxygen atoms in total. The van der Waals surface area contributed by atoms with Crippen LogP contribution in [0.2, 0.25) is 0 Å². The number of aliphatic carboxylic acids is 1. The van der Waals surface area contributed by atoms with Gasteiger partial charge < -0.3 is 14.7 Å². The molecule has 24 heavy (non-hydrogen) atoms. The van der Waals surface area contributed by atoms with Crippen LogP contribution < -0.4 is 4.74 Å². The normalized spacial score (nSPS) is 25.6. The molecule has 2 heterocycles. The van der Waals surface area contributed by atoms with E-state index in [1.807, 2.05) is 0 Å². The first-order valence-electron chi connectivity index (χ1n) is 7.52. The number of carboxylic acids is 1. The van der Waals surface area contributed by atoms with Crippen LogP contribution in [0.1, 0.15) is 24.3 Å². The summed E-state index contributed by atoms with van der Waals surface area (Å²) in [5, 5.41) is 9.69. The minimum absolute atomic E-state index is 0.0867. The predicted molar refractivity (Wildman–Crippen MR) is 76.6 cm³/mol. The third-order valence-electron chi connectivity index (χ3n) is 4.72. The van der Waals surface area contributed by atoms with Crippen molar-refractivity contribution in [2.75, 3.05) is 19.7 Å². The lowest BCUT2D eigenvalue weighted by molar-refractivity contribution is -0.153. The van der Waals surface area contributed by atoms with Gasteiger partial charge in [0.1, 0.15) is 17.8 Å². The first-order chi connectivity index (χ1) is 11.2. The van der Waals surface area contributed by atoms with Crippen molar-refractivity contribution < 1.29 is 32.6 Å². The molecule has 1 amide bonds. The molecule has 8 heteroatoms.